The molecule has 0 radical (unpaired) electrons. The van der Waals surface area contributed by atoms with Crippen molar-refractivity contribution in [1.82, 2.24) is 10.2 Å². The van der Waals surface area contributed by atoms with Gasteiger partial charge in [0, 0.05) is 13.1 Å². The fourth-order valence-corrected chi connectivity index (χ4v) is 5.94. The Morgan fingerprint density at radius 1 is 0.925 bits per heavy atom. The van der Waals surface area contributed by atoms with Crippen LogP contribution in [-0.4, -0.2) is 51.4 Å². The summed E-state index contributed by atoms with van der Waals surface area (Å²) in [6.07, 6.45) is 0.363. The van der Waals surface area contributed by atoms with E-state index in [0.29, 0.717) is 18.7 Å². The van der Waals surface area contributed by atoms with Crippen molar-refractivity contribution in [2.45, 2.75) is 58.5 Å². The lowest BCUT2D eigenvalue weighted by Gasteiger charge is -2.33. The van der Waals surface area contributed by atoms with Crippen molar-refractivity contribution in [3.63, 3.8) is 0 Å². The summed E-state index contributed by atoms with van der Waals surface area (Å²) in [7, 11) is -2.73. The first-order valence-corrected chi connectivity index (χ1v) is 14.8. The van der Waals surface area contributed by atoms with Crippen molar-refractivity contribution >= 4 is 27.5 Å². The highest BCUT2D eigenvalue weighted by Gasteiger charge is 2.34. The number of sulfonamides is 1. The van der Waals surface area contributed by atoms with E-state index in [-0.39, 0.29) is 23.0 Å². The summed E-state index contributed by atoms with van der Waals surface area (Å²) in [5.74, 6) is -0.469. The number of rotatable bonds is 12. The molecule has 0 aliphatic carbocycles. The van der Waals surface area contributed by atoms with Gasteiger partial charge in [-0.15, -0.1) is 0 Å². The molecule has 3 aromatic rings. The van der Waals surface area contributed by atoms with Crippen molar-refractivity contribution in [3.8, 4) is 5.75 Å². The number of nitrogens with one attached hydrogen (secondary N) is 1. The van der Waals surface area contributed by atoms with Gasteiger partial charge in [-0.3, -0.25) is 13.9 Å². The standard InChI is InChI=1S/C31H39N3O5S/c1-7-27(31(36)32-8-2)33(20-25-12-10-9-11-24(25)5)30(35)21-34(28-19-23(4)15-18-29(28)39-6)40(37,38)26-16-13-22(3)14-17-26/h9-19,27H,7-8,20-21H2,1-6H3,(H,32,36). The molecular weight excluding hydrogens is 526 g/mol. The van der Waals surface area contributed by atoms with Crippen LogP contribution in [0.25, 0.3) is 0 Å². The van der Waals surface area contributed by atoms with E-state index in [4.69, 9.17) is 4.74 Å². The Bertz CT molecular complexity index is 1440. The van der Waals surface area contributed by atoms with Crippen LogP contribution >= 0.6 is 0 Å². The molecule has 1 atom stereocenters. The molecule has 1 N–H and O–H groups in total. The number of carbonyl (C=O) groups is 2. The number of likely N-dealkylation sites (N-methyl/N-ethyl adjacent to an activating group) is 1. The molecule has 0 aromatic heterocycles. The molecule has 2 amide bonds. The van der Waals surface area contributed by atoms with Crippen molar-refractivity contribution in [2.75, 3.05) is 24.5 Å². The van der Waals surface area contributed by atoms with E-state index in [1.807, 2.05) is 65.0 Å². The Kier molecular flexibility index (Phi) is 10.3. The lowest BCUT2D eigenvalue weighted by Crippen LogP contribution is -2.52. The number of benzene rings is 3. The van der Waals surface area contributed by atoms with Crippen LogP contribution in [-0.2, 0) is 26.2 Å². The van der Waals surface area contributed by atoms with E-state index in [2.05, 4.69) is 5.32 Å². The van der Waals surface area contributed by atoms with E-state index in [0.717, 1.165) is 26.6 Å². The Morgan fingerprint density at radius 3 is 2.17 bits per heavy atom. The molecule has 3 rings (SSSR count). The van der Waals surface area contributed by atoms with Gasteiger partial charge in [0.25, 0.3) is 10.0 Å². The maximum Gasteiger partial charge on any atom is 0.264 e. The van der Waals surface area contributed by atoms with Gasteiger partial charge in [-0.25, -0.2) is 8.42 Å². The van der Waals surface area contributed by atoms with Crippen LogP contribution < -0.4 is 14.4 Å². The van der Waals surface area contributed by atoms with E-state index in [1.54, 1.807) is 24.3 Å². The van der Waals surface area contributed by atoms with Crippen molar-refractivity contribution in [3.05, 3.63) is 89.0 Å². The number of amides is 2. The molecule has 0 fully saturated rings. The van der Waals surface area contributed by atoms with Crippen LogP contribution in [0.3, 0.4) is 0 Å². The summed E-state index contributed by atoms with van der Waals surface area (Å²) < 4.78 is 34.8. The number of nitrogens with zero attached hydrogens (tertiary/aromatic N) is 2. The van der Waals surface area contributed by atoms with E-state index in [1.165, 1.54) is 24.1 Å². The van der Waals surface area contributed by atoms with E-state index >= 15 is 0 Å². The summed E-state index contributed by atoms with van der Waals surface area (Å²) >= 11 is 0. The molecule has 1 unspecified atom stereocenters. The topological polar surface area (TPSA) is 96.0 Å². The zero-order valence-electron chi connectivity index (χ0n) is 24.1. The first kappa shape index (κ1) is 30.7. The van der Waals surface area contributed by atoms with Gasteiger partial charge in [0.05, 0.1) is 17.7 Å². The second-order valence-electron chi connectivity index (χ2n) is 9.77. The van der Waals surface area contributed by atoms with Crippen LogP contribution in [0.4, 0.5) is 5.69 Å². The molecule has 214 valence electrons. The molecule has 0 aliphatic rings. The van der Waals surface area contributed by atoms with Gasteiger partial charge in [0.2, 0.25) is 11.8 Å². The number of anilines is 1. The highest BCUT2D eigenvalue weighted by Crippen LogP contribution is 2.34. The quantitative estimate of drug-likeness (QED) is 0.342. The monoisotopic (exact) mass is 565 g/mol. The van der Waals surface area contributed by atoms with Crippen LogP contribution in [0, 0.1) is 20.8 Å². The number of ether oxygens (including phenoxy) is 1. The minimum atomic E-state index is -4.19. The molecule has 40 heavy (non-hydrogen) atoms. The maximum atomic E-state index is 14.2. The minimum absolute atomic E-state index is 0.0516. The Hall–Kier alpha value is -3.85. The molecular formula is C31H39N3O5S. The van der Waals surface area contributed by atoms with Crippen LogP contribution in [0.5, 0.6) is 5.75 Å². The molecule has 9 heteroatoms. The predicted molar refractivity (Wildman–Crippen MR) is 158 cm³/mol. The van der Waals surface area contributed by atoms with E-state index < -0.39 is 28.5 Å². The molecule has 0 spiro atoms. The van der Waals surface area contributed by atoms with Crippen LogP contribution in [0.15, 0.2) is 71.6 Å². The van der Waals surface area contributed by atoms with Crippen molar-refractivity contribution in [2.24, 2.45) is 0 Å². The van der Waals surface area contributed by atoms with Gasteiger partial charge in [0.1, 0.15) is 18.3 Å². The lowest BCUT2D eigenvalue weighted by molar-refractivity contribution is -0.140. The zero-order valence-corrected chi connectivity index (χ0v) is 24.9. The molecule has 0 bridgehead atoms. The van der Waals surface area contributed by atoms with E-state index in [9.17, 15) is 18.0 Å². The second-order valence-corrected chi connectivity index (χ2v) is 11.6. The third-order valence-electron chi connectivity index (χ3n) is 6.83. The second kappa shape index (κ2) is 13.5. The number of methoxy groups -OCH3 is 1. The predicted octanol–water partition coefficient (Wildman–Crippen LogP) is 4.76. The third-order valence-corrected chi connectivity index (χ3v) is 8.60. The van der Waals surface area contributed by atoms with Gasteiger partial charge < -0.3 is 15.0 Å². The smallest absolute Gasteiger partial charge is 0.264 e. The summed E-state index contributed by atoms with van der Waals surface area (Å²) in [6, 6.07) is 18.5. The molecule has 0 heterocycles. The Morgan fingerprint density at radius 2 is 1.57 bits per heavy atom. The molecule has 0 aliphatic heterocycles. The first-order valence-electron chi connectivity index (χ1n) is 13.4. The van der Waals surface area contributed by atoms with Crippen molar-refractivity contribution in [1.29, 1.82) is 0 Å². The Labute approximate surface area is 238 Å². The molecule has 0 saturated carbocycles. The SMILES string of the molecule is CCNC(=O)C(CC)N(Cc1ccccc1C)C(=O)CN(c1cc(C)ccc1OC)S(=O)(=O)c1ccc(C)cc1. The fraction of sp³-hybridized carbons (Fsp3) is 0.355. The zero-order chi connectivity index (χ0) is 29.4. The van der Waals surface area contributed by atoms with Gasteiger partial charge in [-0.1, -0.05) is 55.0 Å². The maximum absolute atomic E-state index is 14.2. The number of carbonyl (C=O) groups excluding carboxylic acids is 2. The highest BCUT2D eigenvalue weighted by molar-refractivity contribution is 7.92. The molecule has 8 nitrogen and oxygen atoms in total. The number of hydrogen-bond acceptors (Lipinski definition) is 5. The first-order chi connectivity index (χ1) is 19.0. The van der Waals surface area contributed by atoms with Crippen molar-refractivity contribution < 1.29 is 22.7 Å². The largest absolute Gasteiger partial charge is 0.495 e. The third kappa shape index (κ3) is 7.01. The molecule has 0 saturated heterocycles. The van der Waals surface area contributed by atoms with Crippen LogP contribution in [0.2, 0.25) is 0 Å². The lowest BCUT2D eigenvalue weighted by atomic mass is 10.1. The summed E-state index contributed by atoms with van der Waals surface area (Å²) in [4.78, 5) is 28.8. The van der Waals surface area contributed by atoms with Gasteiger partial charge in [-0.05, 0) is 75.1 Å². The normalized spacial score (nSPS) is 11.9. The van der Waals surface area contributed by atoms with Gasteiger partial charge >= 0.3 is 0 Å². The number of hydrogen-bond donors (Lipinski definition) is 1. The van der Waals surface area contributed by atoms with Gasteiger partial charge in [-0.2, -0.15) is 0 Å². The average molecular weight is 566 g/mol. The summed E-state index contributed by atoms with van der Waals surface area (Å²) in [5, 5.41) is 2.82. The minimum Gasteiger partial charge on any atom is -0.495 e. The van der Waals surface area contributed by atoms with Gasteiger partial charge in [0.15, 0.2) is 0 Å². The van der Waals surface area contributed by atoms with Crippen LogP contribution in [0.1, 0.15) is 42.5 Å². The molecule has 3 aromatic carbocycles. The number of aryl methyl sites for hydroxylation is 3. The summed E-state index contributed by atoms with van der Waals surface area (Å²) in [6.45, 7) is 9.36. The Balaban J connectivity index is 2.14. The highest BCUT2D eigenvalue weighted by atomic mass is 32.2. The summed E-state index contributed by atoms with van der Waals surface area (Å²) in [5.41, 5.74) is 3.80. The fourth-order valence-electron chi connectivity index (χ4n) is 4.53. The average Bonchev–Trinajstić information content (AvgIpc) is 2.92.